The number of pyridine rings is 1. The number of hydrogen-bond acceptors (Lipinski definition) is 5. The summed E-state index contributed by atoms with van der Waals surface area (Å²) in [6, 6.07) is 4.01. The van der Waals surface area contributed by atoms with E-state index in [1.165, 1.54) is 4.88 Å². The summed E-state index contributed by atoms with van der Waals surface area (Å²) in [7, 11) is 0. The molecule has 27 heavy (non-hydrogen) atoms. The zero-order chi connectivity index (χ0) is 18.8. The molecule has 0 aromatic carbocycles. The number of carbonyl (C=O) groups excluding carboxylic acids is 2. The van der Waals surface area contributed by atoms with E-state index in [2.05, 4.69) is 26.2 Å². The molecule has 0 saturated carbocycles. The Morgan fingerprint density at radius 1 is 1.41 bits per heavy atom. The molecule has 0 radical (unpaired) electrons. The third kappa shape index (κ3) is 4.45. The Balaban J connectivity index is 1.26. The molecule has 0 atom stereocenters. The molecule has 6 nitrogen and oxygen atoms in total. The number of ether oxygens (including phenoxy) is 1. The lowest BCUT2D eigenvalue weighted by Crippen LogP contribution is -2.54. The summed E-state index contributed by atoms with van der Waals surface area (Å²) in [5.74, 6) is 0.588. The van der Waals surface area contributed by atoms with Crippen LogP contribution in [0.25, 0.3) is 6.08 Å². The summed E-state index contributed by atoms with van der Waals surface area (Å²) in [6.45, 7) is 1.81. The minimum atomic E-state index is -0.0280. The topological polar surface area (TPSA) is 71.5 Å². The molecule has 1 fully saturated rings. The summed E-state index contributed by atoms with van der Waals surface area (Å²) in [4.78, 5) is 30.8. The lowest BCUT2D eigenvalue weighted by Gasteiger charge is -2.38. The van der Waals surface area contributed by atoms with Gasteiger partial charge < -0.3 is 15.0 Å². The highest BCUT2D eigenvalue weighted by atomic mass is 79.9. The van der Waals surface area contributed by atoms with Crippen LogP contribution in [0.2, 0.25) is 0 Å². The van der Waals surface area contributed by atoms with Crippen molar-refractivity contribution in [1.29, 1.82) is 0 Å². The smallest absolute Gasteiger partial charge is 0.246 e. The Labute approximate surface area is 169 Å². The van der Waals surface area contributed by atoms with Gasteiger partial charge in [-0.1, -0.05) is 0 Å². The van der Waals surface area contributed by atoms with Crippen LogP contribution in [0.15, 0.2) is 34.3 Å². The predicted molar refractivity (Wildman–Crippen MR) is 107 cm³/mol. The van der Waals surface area contributed by atoms with Crippen LogP contribution in [0.5, 0.6) is 0 Å². The Bertz CT molecular complexity index is 905. The first kappa shape index (κ1) is 18.3. The number of thiophene rings is 1. The molecular formula is C19H18BrN3O3S. The van der Waals surface area contributed by atoms with Crippen molar-refractivity contribution in [3.63, 3.8) is 0 Å². The standard InChI is InChI=1S/C19H18BrN3O3S/c20-14-6-16(27-11-14)10-26-15-8-23(9-15)18(25)4-1-12-5-13-2-3-17(24)22-19(13)21-7-12/h1,4-7,11,15H,2-3,8-10H2,(H,21,22,24)/b4-1+. The van der Waals surface area contributed by atoms with Gasteiger partial charge in [0, 0.05) is 46.5 Å². The van der Waals surface area contributed by atoms with E-state index in [1.54, 1.807) is 34.6 Å². The fourth-order valence-electron chi connectivity index (χ4n) is 2.99. The Hall–Kier alpha value is -2.03. The number of aryl methyl sites for hydroxylation is 1. The van der Waals surface area contributed by atoms with E-state index in [1.807, 2.05) is 17.5 Å². The first-order valence-electron chi connectivity index (χ1n) is 8.67. The van der Waals surface area contributed by atoms with Crippen LogP contribution in [0.1, 0.15) is 22.4 Å². The molecule has 4 heterocycles. The average Bonchev–Trinajstić information content (AvgIpc) is 3.03. The number of rotatable bonds is 5. The van der Waals surface area contributed by atoms with Crippen molar-refractivity contribution < 1.29 is 14.3 Å². The third-order valence-corrected chi connectivity index (χ3v) is 6.20. The Morgan fingerprint density at radius 3 is 3.04 bits per heavy atom. The van der Waals surface area contributed by atoms with Crippen molar-refractivity contribution >= 4 is 51.0 Å². The molecule has 1 N–H and O–H groups in total. The second-order valence-electron chi connectivity index (χ2n) is 6.57. The second kappa shape index (κ2) is 7.92. The first-order valence-corrected chi connectivity index (χ1v) is 10.3. The number of fused-ring (bicyclic) bond motifs is 1. The maximum absolute atomic E-state index is 12.3. The maximum Gasteiger partial charge on any atom is 0.246 e. The lowest BCUT2D eigenvalue weighted by atomic mass is 10.0. The number of nitrogens with zero attached hydrogens (tertiary/aromatic N) is 2. The van der Waals surface area contributed by atoms with Crippen molar-refractivity contribution in [2.45, 2.75) is 25.6 Å². The molecular weight excluding hydrogens is 430 g/mol. The highest BCUT2D eigenvalue weighted by Crippen LogP contribution is 2.23. The van der Waals surface area contributed by atoms with Gasteiger partial charge in [0.1, 0.15) is 5.82 Å². The number of amides is 2. The number of likely N-dealkylation sites (tertiary alicyclic amines) is 1. The van der Waals surface area contributed by atoms with Gasteiger partial charge in [-0.15, -0.1) is 11.3 Å². The first-order chi connectivity index (χ1) is 13.1. The van der Waals surface area contributed by atoms with Gasteiger partial charge in [0.05, 0.1) is 12.7 Å². The van der Waals surface area contributed by atoms with Gasteiger partial charge in [-0.05, 0) is 51.7 Å². The van der Waals surface area contributed by atoms with Crippen LogP contribution in [-0.2, 0) is 27.4 Å². The van der Waals surface area contributed by atoms with E-state index in [0.29, 0.717) is 38.4 Å². The molecule has 2 aliphatic rings. The number of nitrogens with one attached hydrogen (secondary N) is 1. The number of anilines is 1. The number of carbonyl (C=O) groups is 2. The van der Waals surface area contributed by atoms with E-state index < -0.39 is 0 Å². The van der Waals surface area contributed by atoms with Gasteiger partial charge in [-0.2, -0.15) is 0 Å². The van der Waals surface area contributed by atoms with Crippen LogP contribution in [-0.4, -0.2) is 40.9 Å². The number of aromatic nitrogens is 1. The average molecular weight is 448 g/mol. The monoisotopic (exact) mass is 447 g/mol. The van der Waals surface area contributed by atoms with Gasteiger partial charge in [0.25, 0.3) is 0 Å². The van der Waals surface area contributed by atoms with Crippen molar-refractivity contribution in [3.8, 4) is 0 Å². The van der Waals surface area contributed by atoms with E-state index in [4.69, 9.17) is 4.74 Å². The lowest BCUT2D eigenvalue weighted by molar-refractivity contribution is -0.140. The zero-order valence-corrected chi connectivity index (χ0v) is 16.9. The van der Waals surface area contributed by atoms with Gasteiger partial charge >= 0.3 is 0 Å². The molecule has 2 aromatic rings. The third-order valence-electron chi connectivity index (χ3n) is 4.53. The summed E-state index contributed by atoms with van der Waals surface area (Å²) >= 11 is 5.09. The van der Waals surface area contributed by atoms with Crippen LogP contribution in [0, 0.1) is 0 Å². The second-order valence-corrected chi connectivity index (χ2v) is 8.48. The van der Waals surface area contributed by atoms with Crippen LogP contribution in [0.4, 0.5) is 5.82 Å². The van der Waals surface area contributed by atoms with E-state index in [-0.39, 0.29) is 17.9 Å². The number of hydrogen-bond donors (Lipinski definition) is 1. The number of halogens is 1. The van der Waals surface area contributed by atoms with Crippen molar-refractivity contribution in [3.05, 3.63) is 50.3 Å². The molecule has 0 spiro atoms. The highest BCUT2D eigenvalue weighted by Gasteiger charge is 2.30. The van der Waals surface area contributed by atoms with Crippen LogP contribution < -0.4 is 5.32 Å². The summed E-state index contributed by atoms with van der Waals surface area (Å²) in [5, 5.41) is 4.78. The van der Waals surface area contributed by atoms with Crippen molar-refractivity contribution in [2.24, 2.45) is 0 Å². The molecule has 140 valence electrons. The fourth-order valence-corrected chi connectivity index (χ4v) is 4.36. The summed E-state index contributed by atoms with van der Waals surface area (Å²) in [5.41, 5.74) is 1.86. The molecule has 2 amide bonds. The molecule has 0 aliphatic carbocycles. The molecule has 1 saturated heterocycles. The van der Waals surface area contributed by atoms with Gasteiger partial charge in [-0.25, -0.2) is 4.98 Å². The normalized spacial score (nSPS) is 16.9. The van der Waals surface area contributed by atoms with Crippen LogP contribution in [0.3, 0.4) is 0 Å². The van der Waals surface area contributed by atoms with E-state index in [0.717, 1.165) is 15.6 Å². The molecule has 0 unspecified atom stereocenters. The minimum Gasteiger partial charge on any atom is -0.369 e. The van der Waals surface area contributed by atoms with E-state index >= 15 is 0 Å². The van der Waals surface area contributed by atoms with Crippen molar-refractivity contribution in [2.75, 3.05) is 18.4 Å². The summed E-state index contributed by atoms with van der Waals surface area (Å²) in [6.07, 6.45) is 6.24. The molecule has 0 bridgehead atoms. The Morgan fingerprint density at radius 2 is 2.26 bits per heavy atom. The van der Waals surface area contributed by atoms with E-state index in [9.17, 15) is 9.59 Å². The van der Waals surface area contributed by atoms with Gasteiger partial charge in [0.2, 0.25) is 11.8 Å². The SMILES string of the molecule is O=C1CCc2cc(/C=C/C(=O)N3CC(OCc4cc(Br)cs4)C3)cnc2N1. The molecule has 4 rings (SSSR count). The molecule has 2 aliphatic heterocycles. The van der Waals surface area contributed by atoms with Crippen molar-refractivity contribution in [1.82, 2.24) is 9.88 Å². The fraction of sp³-hybridized carbons (Fsp3) is 0.316. The van der Waals surface area contributed by atoms with Crippen LogP contribution >= 0.6 is 27.3 Å². The quantitative estimate of drug-likeness (QED) is 0.714. The summed E-state index contributed by atoms with van der Waals surface area (Å²) < 4.78 is 6.89. The molecule has 8 heteroatoms. The Kier molecular flexibility index (Phi) is 5.38. The largest absolute Gasteiger partial charge is 0.369 e. The van der Waals surface area contributed by atoms with Gasteiger partial charge in [-0.3, -0.25) is 9.59 Å². The maximum atomic E-state index is 12.3. The predicted octanol–water partition coefficient (Wildman–Crippen LogP) is 3.23. The zero-order valence-electron chi connectivity index (χ0n) is 14.5. The molecule has 2 aromatic heterocycles. The van der Waals surface area contributed by atoms with Gasteiger partial charge in [0.15, 0.2) is 0 Å². The minimum absolute atomic E-state index is 0.00487. The highest BCUT2D eigenvalue weighted by molar-refractivity contribution is 9.10.